The first kappa shape index (κ1) is 23.0. The fourth-order valence-electron chi connectivity index (χ4n) is 4.42. The Balaban J connectivity index is 1.61. The first-order chi connectivity index (χ1) is 16.8. The maximum Gasteiger partial charge on any atom is 0.278 e. The molecule has 4 aromatic rings. The summed E-state index contributed by atoms with van der Waals surface area (Å²) in [7, 11) is 2.01. The predicted octanol–water partition coefficient (Wildman–Crippen LogP) is 3.79. The Morgan fingerprint density at radius 1 is 1.09 bits per heavy atom. The van der Waals surface area contributed by atoms with Gasteiger partial charge in [-0.05, 0) is 76.1 Å². The fraction of sp³-hybridized carbons (Fsp3) is 0.385. The van der Waals surface area contributed by atoms with E-state index in [-0.39, 0.29) is 17.6 Å². The molecule has 35 heavy (non-hydrogen) atoms. The second-order valence-corrected chi connectivity index (χ2v) is 9.58. The average Bonchev–Trinajstić information content (AvgIpc) is 3.15. The maximum atomic E-state index is 13.3. The SMILES string of the molecule is CC(C)N(C)c1cccc(-n2c3nc(Nc4ccc5c(c4)CCNC5)ncc3c(=O)n2C(C)C)n1. The van der Waals surface area contributed by atoms with Crippen LogP contribution in [0.5, 0.6) is 0 Å². The van der Waals surface area contributed by atoms with Crippen molar-refractivity contribution in [3.05, 3.63) is 64.1 Å². The van der Waals surface area contributed by atoms with Gasteiger partial charge >= 0.3 is 0 Å². The molecule has 3 aromatic heterocycles. The van der Waals surface area contributed by atoms with Crippen LogP contribution in [0.4, 0.5) is 17.5 Å². The summed E-state index contributed by atoms with van der Waals surface area (Å²) in [6.45, 7) is 10.1. The molecule has 2 N–H and O–H groups in total. The quantitative estimate of drug-likeness (QED) is 0.441. The van der Waals surface area contributed by atoms with Gasteiger partial charge in [0.05, 0.1) is 0 Å². The van der Waals surface area contributed by atoms with Crippen LogP contribution in [-0.2, 0) is 13.0 Å². The highest BCUT2D eigenvalue weighted by Crippen LogP contribution is 2.24. The van der Waals surface area contributed by atoms with Crippen LogP contribution in [-0.4, -0.2) is 43.9 Å². The van der Waals surface area contributed by atoms with Crippen molar-refractivity contribution in [3.8, 4) is 5.82 Å². The number of aromatic nitrogens is 5. The highest BCUT2D eigenvalue weighted by atomic mass is 16.1. The molecule has 9 heteroatoms. The van der Waals surface area contributed by atoms with Gasteiger partial charge in [-0.25, -0.2) is 19.3 Å². The molecule has 0 unspecified atom stereocenters. The molecule has 4 heterocycles. The van der Waals surface area contributed by atoms with Crippen LogP contribution in [0.3, 0.4) is 0 Å². The molecule has 0 aliphatic carbocycles. The Labute approximate surface area is 204 Å². The molecule has 1 aliphatic rings. The van der Waals surface area contributed by atoms with E-state index >= 15 is 0 Å². The van der Waals surface area contributed by atoms with Crippen molar-refractivity contribution in [2.75, 3.05) is 23.8 Å². The summed E-state index contributed by atoms with van der Waals surface area (Å²) in [5.41, 5.74) is 3.97. The number of hydrogen-bond donors (Lipinski definition) is 2. The van der Waals surface area contributed by atoms with Crippen LogP contribution in [0.2, 0.25) is 0 Å². The van der Waals surface area contributed by atoms with Gasteiger partial charge in [0.15, 0.2) is 11.5 Å². The highest BCUT2D eigenvalue weighted by molar-refractivity contribution is 5.77. The van der Waals surface area contributed by atoms with Gasteiger partial charge in [0.1, 0.15) is 11.2 Å². The van der Waals surface area contributed by atoms with E-state index in [4.69, 9.17) is 9.97 Å². The number of nitrogens with one attached hydrogen (secondary N) is 2. The van der Waals surface area contributed by atoms with Crippen molar-refractivity contribution in [2.24, 2.45) is 0 Å². The van der Waals surface area contributed by atoms with Gasteiger partial charge in [-0.2, -0.15) is 4.98 Å². The topological polar surface area (TPSA) is 92.9 Å². The van der Waals surface area contributed by atoms with Gasteiger partial charge in [-0.15, -0.1) is 0 Å². The van der Waals surface area contributed by atoms with E-state index in [0.29, 0.717) is 22.8 Å². The molecule has 0 saturated heterocycles. The van der Waals surface area contributed by atoms with E-state index in [1.165, 1.54) is 11.1 Å². The van der Waals surface area contributed by atoms with Gasteiger partial charge in [-0.1, -0.05) is 12.1 Å². The van der Waals surface area contributed by atoms with Crippen molar-refractivity contribution in [1.29, 1.82) is 0 Å². The van der Waals surface area contributed by atoms with Gasteiger partial charge in [-0.3, -0.25) is 4.79 Å². The Kier molecular flexibility index (Phi) is 6.02. The first-order valence-corrected chi connectivity index (χ1v) is 12.1. The number of rotatable bonds is 6. The molecule has 0 bridgehead atoms. The zero-order valence-corrected chi connectivity index (χ0v) is 20.9. The van der Waals surface area contributed by atoms with Gasteiger partial charge in [0.2, 0.25) is 5.95 Å². The second kappa shape index (κ2) is 9.14. The molecule has 1 aromatic carbocycles. The molecule has 182 valence electrons. The van der Waals surface area contributed by atoms with Crippen molar-refractivity contribution >= 4 is 28.5 Å². The van der Waals surface area contributed by atoms with E-state index in [9.17, 15) is 4.79 Å². The minimum absolute atomic E-state index is 0.0874. The van der Waals surface area contributed by atoms with Gasteiger partial charge in [0, 0.05) is 37.6 Å². The lowest BCUT2D eigenvalue weighted by atomic mass is 10.0. The second-order valence-electron chi connectivity index (χ2n) is 9.58. The Morgan fingerprint density at radius 3 is 2.69 bits per heavy atom. The summed E-state index contributed by atoms with van der Waals surface area (Å²) in [6.07, 6.45) is 2.60. The van der Waals surface area contributed by atoms with Gasteiger partial charge < -0.3 is 15.5 Å². The van der Waals surface area contributed by atoms with Crippen LogP contribution < -0.4 is 21.1 Å². The lowest BCUT2D eigenvalue weighted by Gasteiger charge is -2.23. The zero-order valence-electron chi connectivity index (χ0n) is 20.9. The third-order valence-electron chi connectivity index (χ3n) is 6.53. The van der Waals surface area contributed by atoms with Crippen molar-refractivity contribution < 1.29 is 0 Å². The fourth-order valence-corrected chi connectivity index (χ4v) is 4.42. The largest absolute Gasteiger partial charge is 0.357 e. The number of hydrogen-bond acceptors (Lipinski definition) is 7. The number of fused-ring (bicyclic) bond motifs is 2. The standard InChI is InChI=1S/C26H32N8O/c1-16(2)32(5)22-7-6-8-23(30-22)34-24-21(25(35)33(34)17(3)4)15-28-26(31-24)29-20-10-9-19-14-27-12-11-18(19)13-20/h6-10,13,15-17,27H,11-12,14H2,1-5H3,(H,28,29,31). The number of benzene rings is 1. The summed E-state index contributed by atoms with van der Waals surface area (Å²) in [6, 6.07) is 12.4. The summed E-state index contributed by atoms with van der Waals surface area (Å²) < 4.78 is 3.50. The van der Waals surface area contributed by atoms with Crippen LogP contribution in [0, 0.1) is 0 Å². The normalized spacial score (nSPS) is 13.5. The minimum atomic E-state index is -0.132. The Hall–Kier alpha value is -3.72. The lowest BCUT2D eigenvalue weighted by molar-refractivity contribution is 0.471. The molecule has 1 aliphatic heterocycles. The molecular formula is C26H32N8O. The first-order valence-electron chi connectivity index (χ1n) is 12.1. The van der Waals surface area contributed by atoms with E-state index < -0.39 is 0 Å². The van der Waals surface area contributed by atoms with Crippen molar-refractivity contribution in [1.82, 2.24) is 29.6 Å². The molecular weight excluding hydrogens is 440 g/mol. The number of nitrogens with zero attached hydrogens (tertiary/aromatic N) is 6. The van der Waals surface area contributed by atoms with Crippen molar-refractivity contribution in [3.63, 3.8) is 0 Å². The number of anilines is 3. The molecule has 0 saturated carbocycles. The highest BCUT2D eigenvalue weighted by Gasteiger charge is 2.21. The molecule has 0 atom stereocenters. The molecule has 0 spiro atoms. The Morgan fingerprint density at radius 2 is 1.91 bits per heavy atom. The molecule has 0 fully saturated rings. The van der Waals surface area contributed by atoms with Crippen LogP contribution in [0.1, 0.15) is 44.9 Å². The van der Waals surface area contributed by atoms with Crippen LogP contribution in [0.15, 0.2) is 47.4 Å². The summed E-state index contributed by atoms with van der Waals surface area (Å²) in [5.74, 6) is 1.91. The molecule has 9 nitrogen and oxygen atoms in total. The third-order valence-corrected chi connectivity index (χ3v) is 6.53. The van der Waals surface area contributed by atoms with Crippen LogP contribution >= 0.6 is 0 Å². The smallest absolute Gasteiger partial charge is 0.278 e. The van der Waals surface area contributed by atoms with E-state index in [2.05, 4.69) is 46.5 Å². The summed E-state index contributed by atoms with van der Waals surface area (Å²) in [5, 5.41) is 7.19. The minimum Gasteiger partial charge on any atom is -0.357 e. The predicted molar refractivity (Wildman–Crippen MR) is 140 cm³/mol. The van der Waals surface area contributed by atoms with Crippen molar-refractivity contribution in [2.45, 2.75) is 52.7 Å². The third kappa shape index (κ3) is 4.27. The Bertz CT molecular complexity index is 1440. The van der Waals surface area contributed by atoms with Gasteiger partial charge in [0.25, 0.3) is 5.56 Å². The monoisotopic (exact) mass is 472 g/mol. The summed E-state index contributed by atoms with van der Waals surface area (Å²) >= 11 is 0. The van der Waals surface area contributed by atoms with E-state index in [0.717, 1.165) is 31.0 Å². The van der Waals surface area contributed by atoms with E-state index in [1.807, 2.05) is 49.8 Å². The maximum absolute atomic E-state index is 13.3. The zero-order chi connectivity index (χ0) is 24.7. The molecule has 5 rings (SSSR count). The van der Waals surface area contributed by atoms with E-state index in [1.54, 1.807) is 10.9 Å². The molecule has 0 amide bonds. The summed E-state index contributed by atoms with van der Waals surface area (Å²) in [4.78, 5) is 29.5. The molecule has 0 radical (unpaired) electrons. The van der Waals surface area contributed by atoms with Crippen LogP contribution in [0.25, 0.3) is 16.9 Å². The number of pyridine rings is 1. The lowest BCUT2D eigenvalue weighted by Crippen LogP contribution is -2.28. The average molecular weight is 473 g/mol.